The van der Waals surface area contributed by atoms with Gasteiger partial charge in [0.15, 0.2) is 5.60 Å². The Morgan fingerprint density at radius 1 is 1.36 bits per heavy atom. The van der Waals surface area contributed by atoms with E-state index in [9.17, 15) is 9.59 Å². The van der Waals surface area contributed by atoms with Crippen LogP contribution in [0.15, 0.2) is 41.8 Å². The summed E-state index contributed by atoms with van der Waals surface area (Å²) in [4.78, 5) is 25.3. The zero-order valence-electron chi connectivity index (χ0n) is 12.2. The molecule has 2 aromatic rings. The lowest BCUT2D eigenvalue weighted by Gasteiger charge is -2.24. The molecule has 1 aliphatic rings. The quantitative estimate of drug-likeness (QED) is 0.879. The molecule has 0 aliphatic heterocycles. The van der Waals surface area contributed by atoms with Crippen LogP contribution in [0.5, 0.6) is 0 Å². The summed E-state index contributed by atoms with van der Waals surface area (Å²) in [6.07, 6.45) is 0.820. The minimum Gasteiger partial charge on any atom is -0.449 e. The van der Waals surface area contributed by atoms with Crippen LogP contribution >= 0.6 is 11.3 Å². The second-order valence-corrected chi connectivity index (χ2v) is 6.65. The fraction of sp³-hybridized carbons (Fsp3) is 0.294. The SMILES string of the molecule is C[C@]1(OC(=O)[C@@H](N)Cc2ccccc2)Cc2ccsc2C1=O. The smallest absolute Gasteiger partial charge is 0.324 e. The number of ether oxygens (including phenoxy) is 1. The van der Waals surface area contributed by atoms with Crippen LogP contribution in [0, 0.1) is 0 Å². The lowest BCUT2D eigenvalue weighted by molar-refractivity contribution is -0.155. The third-order valence-corrected chi connectivity index (χ3v) is 4.84. The Balaban J connectivity index is 1.67. The molecule has 0 radical (unpaired) electrons. The molecule has 5 heteroatoms. The van der Waals surface area contributed by atoms with Crippen LogP contribution in [0.1, 0.15) is 27.7 Å². The number of carbonyl (C=O) groups is 2. The first-order chi connectivity index (χ1) is 10.5. The topological polar surface area (TPSA) is 69.4 Å². The number of hydrogen-bond acceptors (Lipinski definition) is 5. The predicted molar refractivity (Wildman–Crippen MR) is 85.0 cm³/mol. The molecule has 0 fully saturated rings. The third-order valence-electron chi connectivity index (χ3n) is 3.89. The van der Waals surface area contributed by atoms with Crippen LogP contribution < -0.4 is 5.73 Å². The van der Waals surface area contributed by atoms with E-state index in [2.05, 4.69) is 0 Å². The van der Waals surface area contributed by atoms with Gasteiger partial charge in [-0.15, -0.1) is 11.3 Å². The van der Waals surface area contributed by atoms with Gasteiger partial charge in [-0.3, -0.25) is 9.59 Å². The van der Waals surface area contributed by atoms with E-state index in [0.29, 0.717) is 17.7 Å². The molecular formula is C17H17NO3S. The minimum absolute atomic E-state index is 0.127. The van der Waals surface area contributed by atoms with Gasteiger partial charge >= 0.3 is 5.97 Å². The molecule has 0 saturated carbocycles. The second-order valence-electron chi connectivity index (χ2n) is 5.73. The van der Waals surface area contributed by atoms with Crippen molar-refractivity contribution < 1.29 is 14.3 Å². The van der Waals surface area contributed by atoms with Gasteiger partial charge in [-0.25, -0.2) is 0 Å². The molecule has 4 nitrogen and oxygen atoms in total. The van der Waals surface area contributed by atoms with Crippen molar-refractivity contribution in [2.24, 2.45) is 5.73 Å². The van der Waals surface area contributed by atoms with Crippen LogP contribution in [0.2, 0.25) is 0 Å². The van der Waals surface area contributed by atoms with Gasteiger partial charge in [0.2, 0.25) is 5.78 Å². The number of esters is 1. The predicted octanol–water partition coefficient (Wildman–Crippen LogP) is 2.36. The first kappa shape index (κ1) is 14.9. The number of nitrogens with two attached hydrogens (primary N) is 1. The first-order valence-electron chi connectivity index (χ1n) is 7.13. The maximum atomic E-state index is 12.4. The van der Waals surface area contributed by atoms with E-state index in [-0.39, 0.29) is 5.78 Å². The summed E-state index contributed by atoms with van der Waals surface area (Å²) in [6, 6.07) is 10.6. The van der Waals surface area contributed by atoms with Gasteiger partial charge in [0.05, 0.1) is 4.88 Å². The highest BCUT2D eigenvalue weighted by atomic mass is 32.1. The van der Waals surface area contributed by atoms with Crippen molar-refractivity contribution >= 4 is 23.1 Å². The summed E-state index contributed by atoms with van der Waals surface area (Å²) >= 11 is 1.39. The molecule has 0 spiro atoms. The van der Waals surface area contributed by atoms with Crippen molar-refractivity contribution in [3.05, 3.63) is 57.8 Å². The van der Waals surface area contributed by atoms with E-state index in [1.165, 1.54) is 11.3 Å². The molecule has 2 N–H and O–H groups in total. The van der Waals surface area contributed by atoms with E-state index >= 15 is 0 Å². The van der Waals surface area contributed by atoms with Crippen molar-refractivity contribution in [3.8, 4) is 0 Å². The summed E-state index contributed by atoms with van der Waals surface area (Å²) in [7, 11) is 0. The highest BCUT2D eigenvalue weighted by molar-refractivity contribution is 7.12. The third kappa shape index (κ3) is 2.69. The molecule has 1 heterocycles. The fourth-order valence-electron chi connectivity index (χ4n) is 2.69. The van der Waals surface area contributed by atoms with Crippen LogP contribution in [0.4, 0.5) is 0 Å². The number of carbonyl (C=O) groups excluding carboxylic acids is 2. The maximum Gasteiger partial charge on any atom is 0.324 e. The normalized spacial score (nSPS) is 21.5. The van der Waals surface area contributed by atoms with E-state index < -0.39 is 17.6 Å². The molecule has 1 aromatic carbocycles. The van der Waals surface area contributed by atoms with Gasteiger partial charge in [-0.2, -0.15) is 0 Å². The molecule has 0 bridgehead atoms. The Hall–Kier alpha value is -1.98. The van der Waals surface area contributed by atoms with Crippen molar-refractivity contribution in [2.75, 3.05) is 0 Å². The minimum atomic E-state index is -1.12. The van der Waals surface area contributed by atoms with E-state index in [1.807, 2.05) is 41.8 Å². The number of Topliss-reactive ketones (excluding diaryl/α,β-unsaturated/α-hetero) is 1. The summed E-state index contributed by atoms with van der Waals surface area (Å²) < 4.78 is 5.48. The molecule has 1 aromatic heterocycles. The lowest BCUT2D eigenvalue weighted by Crippen LogP contribution is -2.44. The molecule has 114 valence electrons. The van der Waals surface area contributed by atoms with Gasteiger partial charge in [-0.05, 0) is 35.9 Å². The van der Waals surface area contributed by atoms with Gasteiger partial charge in [0, 0.05) is 6.42 Å². The molecule has 0 saturated heterocycles. The molecule has 0 unspecified atom stereocenters. The molecular weight excluding hydrogens is 298 g/mol. The molecule has 22 heavy (non-hydrogen) atoms. The van der Waals surface area contributed by atoms with Crippen molar-refractivity contribution in [3.63, 3.8) is 0 Å². The summed E-state index contributed by atoms with van der Waals surface area (Å²) in [5, 5.41) is 1.88. The highest BCUT2D eigenvalue weighted by Crippen LogP contribution is 2.36. The number of fused-ring (bicyclic) bond motifs is 1. The van der Waals surface area contributed by atoms with Crippen LogP contribution in [-0.4, -0.2) is 23.4 Å². The summed E-state index contributed by atoms with van der Waals surface area (Å²) in [5.41, 5.74) is 6.72. The Morgan fingerprint density at radius 2 is 2.09 bits per heavy atom. The lowest BCUT2D eigenvalue weighted by atomic mass is 10.0. The largest absolute Gasteiger partial charge is 0.449 e. The number of thiophene rings is 1. The maximum absolute atomic E-state index is 12.4. The summed E-state index contributed by atoms with van der Waals surface area (Å²) in [6.45, 7) is 1.66. The molecule has 3 rings (SSSR count). The zero-order valence-corrected chi connectivity index (χ0v) is 13.1. The molecule has 2 atom stereocenters. The van der Waals surface area contributed by atoms with Crippen molar-refractivity contribution in [1.82, 2.24) is 0 Å². The van der Waals surface area contributed by atoms with Crippen LogP contribution in [-0.2, 0) is 22.4 Å². The Labute approximate surface area is 132 Å². The number of rotatable bonds is 4. The highest BCUT2D eigenvalue weighted by Gasteiger charge is 2.46. The van der Waals surface area contributed by atoms with Gasteiger partial charge < -0.3 is 10.5 Å². The number of benzene rings is 1. The molecule has 1 aliphatic carbocycles. The van der Waals surface area contributed by atoms with Crippen molar-refractivity contribution in [1.29, 1.82) is 0 Å². The van der Waals surface area contributed by atoms with Gasteiger partial charge in [0.1, 0.15) is 6.04 Å². The number of hydrogen-bond donors (Lipinski definition) is 1. The first-order valence-corrected chi connectivity index (χ1v) is 8.01. The average molecular weight is 315 g/mol. The van der Waals surface area contributed by atoms with Gasteiger partial charge in [0.25, 0.3) is 0 Å². The summed E-state index contributed by atoms with van der Waals surface area (Å²) in [5.74, 6) is -0.660. The fourth-order valence-corrected chi connectivity index (χ4v) is 3.67. The average Bonchev–Trinajstić information content (AvgIpc) is 3.02. The Kier molecular flexibility index (Phi) is 3.85. The van der Waals surface area contributed by atoms with Crippen molar-refractivity contribution in [2.45, 2.75) is 31.4 Å². The van der Waals surface area contributed by atoms with E-state index in [4.69, 9.17) is 10.5 Å². The molecule has 0 amide bonds. The monoisotopic (exact) mass is 315 g/mol. The Morgan fingerprint density at radius 3 is 2.77 bits per heavy atom. The second kappa shape index (κ2) is 5.66. The van der Waals surface area contributed by atoms with E-state index in [0.717, 1.165) is 11.1 Å². The van der Waals surface area contributed by atoms with Crippen LogP contribution in [0.3, 0.4) is 0 Å². The Bertz CT molecular complexity index is 710. The standard InChI is InChI=1S/C17H17NO3S/c1-17(10-12-7-8-22-14(12)15(17)19)21-16(20)13(18)9-11-5-3-2-4-6-11/h2-8,13H,9-10,18H2,1H3/t13-,17-/m0/s1. The zero-order chi connectivity index (χ0) is 15.7. The number of ketones is 1. The van der Waals surface area contributed by atoms with Gasteiger partial charge in [-0.1, -0.05) is 30.3 Å². The van der Waals surface area contributed by atoms with E-state index in [1.54, 1.807) is 6.92 Å². The van der Waals surface area contributed by atoms with Crippen LogP contribution in [0.25, 0.3) is 0 Å².